The average molecular weight is 305 g/mol. The molecule has 1 aliphatic carbocycles. The zero-order valence-electron chi connectivity index (χ0n) is 10.8. The lowest BCUT2D eigenvalue weighted by Crippen LogP contribution is -2.41. The Labute approximate surface area is 111 Å². The first kappa shape index (κ1) is 13.6. The summed E-state index contributed by atoms with van der Waals surface area (Å²) < 4.78 is 25.5. The molecule has 0 amide bonds. The molecule has 1 saturated heterocycles. The number of alkyl halides is 1. The second kappa shape index (κ2) is 4.35. The van der Waals surface area contributed by atoms with Gasteiger partial charge in [0, 0.05) is 5.33 Å². The monoisotopic (exact) mass is 304 g/mol. The summed E-state index contributed by atoms with van der Waals surface area (Å²) in [5.74, 6) is 0.568. The van der Waals surface area contributed by atoms with Crippen molar-refractivity contribution in [1.29, 1.82) is 0 Å². The van der Waals surface area contributed by atoms with Crippen molar-refractivity contribution >= 4 is 23.0 Å². The molecule has 0 N–H and O–H groups in total. The van der Waals surface area contributed by atoms with Crippen molar-refractivity contribution in [2.75, 3.05) is 5.33 Å². The molecular formula is C12H19BBrFO2. The van der Waals surface area contributed by atoms with Gasteiger partial charge in [0.15, 0.2) is 0 Å². The number of hydrogen-bond donors (Lipinski definition) is 0. The van der Waals surface area contributed by atoms with Crippen LogP contribution in [-0.2, 0) is 9.31 Å². The predicted octanol–water partition coefficient (Wildman–Crippen LogP) is 3.65. The minimum Gasteiger partial charge on any atom is -0.398 e. The van der Waals surface area contributed by atoms with Crippen molar-refractivity contribution in [3.8, 4) is 0 Å². The number of allylic oxidation sites excluding steroid dienone is 1. The normalized spacial score (nSPS) is 30.4. The molecule has 0 bridgehead atoms. The van der Waals surface area contributed by atoms with Crippen LogP contribution in [0.2, 0.25) is 0 Å². The minimum absolute atomic E-state index is 0.208. The number of hydrogen-bond acceptors (Lipinski definition) is 2. The van der Waals surface area contributed by atoms with Crippen LogP contribution < -0.4 is 0 Å². The molecule has 96 valence electrons. The smallest absolute Gasteiger partial charge is 0.398 e. The van der Waals surface area contributed by atoms with E-state index in [1.54, 1.807) is 0 Å². The van der Waals surface area contributed by atoms with E-state index < -0.39 is 18.3 Å². The maximum absolute atomic E-state index is 14.2. The van der Waals surface area contributed by atoms with Gasteiger partial charge in [0.2, 0.25) is 0 Å². The van der Waals surface area contributed by atoms with Gasteiger partial charge in [-0.25, -0.2) is 4.39 Å². The van der Waals surface area contributed by atoms with Crippen LogP contribution in [0.1, 0.15) is 40.5 Å². The molecule has 1 heterocycles. The lowest BCUT2D eigenvalue weighted by atomic mass is 9.73. The minimum atomic E-state index is -0.814. The molecule has 0 radical (unpaired) electrons. The molecule has 0 aromatic carbocycles. The van der Waals surface area contributed by atoms with Gasteiger partial charge in [-0.2, -0.15) is 0 Å². The van der Waals surface area contributed by atoms with Crippen LogP contribution in [0.5, 0.6) is 0 Å². The molecule has 5 heteroatoms. The molecule has 0 atom stereocenters. The van der Waals surface area contributed by atoms with Crippen LogP contribution >= 0.6 is 15.9 Å². The first-order valence-electron chi connectivity index (χ1n) is 6.06. The summed E-state index contributed by atoms with van der Waals surface area (Å²) in [4.78, 5) is 0. The van der Waals surface area contributed by atoms with E-state index in [0.717, 1.165) is 23.7 Å². The maximum Gasteiger partial charge on any atom is 0.525 e. The zero-order valence-corrected chi connectivity index (χ0v) is 12.4. The quantitative estimate of drug-likeness (QED) is 0.573. The molecule has 1 saturated carbocycles. The Morgan fingerprint density at radius 2 is 1.76 bits per heavy atom. The van der Waals surface area contributed by atoms with Crippen molar-refractivity contribution in [3.63, 3.8) is 0 Å². The summed E-state index contributed by atoms with van der Waals surface area (Å²) in [6.45, 7) is 7.75. The molecule has 2 nitrogen and oxygen atoms in total. The lowest BCUT2D eigenvalue weighted by Gasteiger charge is -2.32. The Kier molecular flexibility index (Phi) is 3.47. The second-order valence-corrected chi connectivity index (χ2v) is 6.62. The summed E-state index contributed by atoms with van der Waals surface area (Å²) >= 11 is 3.41. The fourth-order valence-corrected chi connectivity index (χ4v) is 2.51. The lowest BCUT2D eigenvalue weighted by molar-refractivity contribution is 0.00578. The van der Waals surface area contributed by atoms with E-state index in [1.165, 1.54) is 0 Å². The summed E-state index contributed by atoms with van der Waals surface area (Å²) in [5.41, 5.74) is -0.281. The van der Waals surface area contributed by atoms with E-state index in [9.17, 15) is 4.39 Å². The van der Waals surface area contributed by atoms with E-state index >= 15 is 0 Å². The summed E-state index contributed by atoms with van der Waals surface area (Å²) in [5, 5.41) is 0.938. The molecule has 0 spiro atoms. The third-order valence-corrected chi connectivity index (χ3v) is 5.00. The van der Waals surface area contributed by atoms with Gasteiger partial charge in [-0.15, -0.1) is 0 Å². The van der Waals surface area contributed by atoms with Crippen molar-refractivity contribution < 1.29 is 13.7 Å². The zero-order chi connectivity index (χ0) is 12.8. The van der Waals surface area contributed by atoms with Crippen LogP contribution in [0.3, 0.4) is 0 Å². The van der Waals surface area contributed by atoms with Gasteiger partial charge < -0.3 is 9.31 Å². The Morgan fingerprint density at radius 3 is 2.18 bits per heavy atom. The van der Waals surface area contributed by atoms with E-state index in [2.05, 4.69) is 15.9 Å². The third-order valence-electron chi connectivity index (χ3n) is 4.09. The standard InChI is InChI=1S/C12H19BBrFO2/c1-11(2)12(3,4)17-13(16-11)10(15)9-5-8(6-9)7-14/h8H,5-7H2,1-4H3. The third kappa shape index (κ3) is 2.34. The Hall–Kier alpha value is 0.135. The Balaban J connectivity index is 2.07. The second-order valence-electron chi connectivity index (χ2n) is 5.97. The van der Waals surface area contributed by atoms with E-state index in [0.29, 0.717) is 5.92 Å². The van der Waals surface area contributed by atoms with Crippen molar-refractivity contribution in [2.24, 2.45) is 5.92 Å². The first-order chi connectivity index (χ1) is 7.77. The van der Waals surface area contributed by atoms with Crippen molar-refractivity contribution in [3.05, 3.63) is 11.3 Å². The molecule has 0 aromatic rings. The van der Waals surface area contributed by atoms with E-state index in [-0.39, 0.29) is 5.73 Å². The molecular weight excluding hydrogens is 286 g/mol. The molecule has 2 fully saturated rings. The molecule has 0 aromatic heterocycles. The van der Waals surface area contributed by atoms with Gasteiger partial charge in [-0.05, 0) is 52.0 Å². The van der Waals surface area contributed by atoms with Crippen molar-refractivity contribution in [2.45, 2.75) is 51.7 Å². The van der Waals surface area contributed by atoms with Gasteiger partial charge in [0.1, 0.15) is 5.73 Å². The topological polar surface area (TPSA) is 18.5 Å². The van der Waals surface area contributed by atoms with Crippen LogP contribution in [-0.4, -0.2) is 23.7 Å². The number of halogens is 2. The fraction of sp³-hybridized carbons (Fsp3) is 0.833. The predicted molar refractivity (Wildman–Crippen MR) is 70.7 cm³/mol. The number of rotatable bonds is 2. The molecule has 0 unspecified atom stereocenters. The van der Waals surface area contributed by atoms with Crippen LogP contribution in [0.15, 0.2) is 11.3 Å². The van der Waals surface area contributed by atoms with Gasteiger partial charge in [-0.1, -0.05) is 15.9 Å². The molecule has 17 heavy (non-hydrogen) atoms. The molecule has 1 aliphatic heterocycles. The highest BCUT2D eigenvalue weighted by Crippen LogP contribution is 2.43. The maximum atomic E-state index is 14.2. The summed E-state index contributed by atoms with van der Waals surface area (Å²) in [7, 11) is -0.814. The summed E-state index contributed by atoms with van der Waals surface area (Å²) in [6, 6.07) is 0. The van der Waals surface area contributed by atoms with E-state index in [1.807, 2.05) is 27.7 Å². The highest BCUT2D eigenvalue weighted by molar-refractivity contribution is 9.09. The van der Waals surface area contributed by atoms with Crippen LogP contribution in [0.25, 0.3) is 0 Å². The highest BCUT2D eigenvalue weighted by atomic mass is 79.9. The molecule has 2 rings (SSSR count). The van der Waals surface area contributed by atoms with Crippen LogP contribution in [0, 0.1) is 5.92 Å². The van der Waals surface area contributed by atoms with Crippen LogP contribution in [0.4, 0.5) is 4.39 Å². The van der Waals surface area contributed by atoms with Crippen molar-refractivity contribution in [1.82, 2.24) is 0 Å². The van der Waals surface area contributed by atoms with Gasteiger partial charge in [0.05, 0.1) is 11.2 Å². The average Bonchev–Trinajstić information content (AvgIpc) is 2.34. The van der Waals surface area contributed by atoms with Gasteiger partial charge in [-0.3, -0.25) is 0 Å². The first-order valence-corrected chi connectivity index (χ1v) is 7.18. The molecule has 2 aliphatic rings. The van der Waals surface area contributed by atoms with Gasteiger partial charge >= 0.3 is 7.12 Å². The highest BCUT2D eigenvalue weighted by Gasteiger charge is 2.53. The van der Waals surface area contributed by atoms with E-state index in [4.69, 9.17) is 9.31 Å². The Bertz CT molecular complexity index is 330. The van der Waals surface area contributed by atoms with Gasteiger partial charge in [0.25, 0.3) is 0 Å². The largest absolute Gasteiger partial charge is 0.525 e. The Morgan fingerprint density at radius 1 is 1.29 bits per heavy atom. The SMILES string of the molecule is CC1(C)OB(C(F)=C2CC(CBr)C2)OC1(C)C. The summed E-state index contributed by atoms with van der Waals surface area (Å²) in [6.07, 6.45) is 1.64. The fourth-order valence-electron chi connectivity index (χ4n) is 2.05.